The molecule has 5 heteroatoms. The zero-order valence-electron chi connectivity index (χ0n) is 10.9. The SMILES string of the molecule is B[C@@]1(NC(=O)OC(C)(C)C)CC[C@@H](C)OC1. The summed E-state index contributed by atoms with van der Waals surface area (Å²) in [5.41, 5.74) is -0.752. The van der Waals surface area contributed by atoms with Crippen LogP contribution in [0.15, 0.2) is 0 Å². The van der Waals surface area contributed by atoms with Crippen molar-refractivity contribution in [2.45, 2.75) is 57.7 Å². The van der Waals surface area contributed by atoms with Gasteiger partial charge in [0.2, 0.25) is 0 Å². The molecule has 1 N–H and O–H groups in total. The zero-order valence-corrected chi connectivity index (χ0v) is 10.9. The fraction of sp³-hybridized carbons (Fsp3) is 0.909. The van der Waals surface area contributed by atoms with Crippen molar-refractivity contribution in [3.05, 3.63) is 0 Å². The van der Waals surface area contributed by atoms with Gasteiger partial charge in [0.15, 0.2) is 0 Å². The smallest absolute Gasteiger partial charge is 0.407 e. The lowest BCUT2D eigenvalue weighted by Gasteiger charge is -2.37. The molecule has 16 heavy (non-hydrogen) atoms. The van der Waals surface area contributed by atoms with Crippen LogP contribution in [0.5, 0.6) is 0 Å². The maximum atomic E-state index is 11.6. The lowest BCUT2D eigenvalue weighted by atomic mass is 9.73. The number of hydrogen-bond acceptors (Lipinski definition) is 3. The number of rotatable bonds is 1. The summed E-state index contributed by atoms with van der Waals surface area (Å²) in [5.74, 6) is 0. The Morgan fingerprint density at radius 1 is 1.56 bits per heavy atom. The van der Waals surface area contributed by atoms with Crippen LogP contribution in [0.4, 0.5) is 4.79 Å². The molecule has 4 nitrogen and oxygen atoms in total. The Hall–Kier alpha value is -0.705. The highest BCUT2D eigenvalue weighted by atomic mass is 16.6. The summed E-state index contributed by atoms with van der Waals surface area (Å²) < 4.78 is 10.8. The van der Waals surface area contributed by atoms with E-state index in [1.165, 1.54) is 0 Å². The molecule has 0 aliphatic carbocycles. The van der Waals surface area contributed by atoms with E-state index < -0.39 is 5.60 Å². The van der Waals surface area contributed by atoms with Gasteiger partial charge < -0.3 is 14.8 Å². The van der Waals surface area contributed by atoms with Crippen LogP contribution >= 0.6 is 0 Å². The second kappa shape index (κ2) is 4.66. The summed E-state index contributed by atoms with van der Waals surface area (Å²) in [6, 6.07) is 0. The number of carbonyl (C=O) groups is 1. The lowest BCUT2D eigenvalue weighted by Crippen LogP contribution is -2.56. The van der Waals surface area contributed by atoms with Crippen molar-refractivity contribution in [3.8, 4) is 0 Å². The highest BCUT2D eigenvalue weighted by molar-refractivity contribution is 6.16. The number of alkyl carbamates (subject to hydrolysis) is 1. The summed E-state index contributed by atoms with van der Waals surface area (Å²) >= 11 is 0. The molecule has 0 unspecified atom stereocenters. The Morgan fingerprint density at radius 2 is 2.19 bits per heavy atom. The molecule has 1 aliphatic rings. The molecule has 1 amide bonds. The minimum atomic E-state index is -0.455. The largest absolute Gasteiger partial charge is 0.444 e. The Kier molecular flexibility index (Phi) is 3.89. The number of hydrogen-bond donors (Lipinski definition) is 1. The highest BCUT2D eigenvalue weighted by Gasteiger charge is 2.33. The van der Waals surface area contributed by atoms with E-state index in [0.717, 1.165) is 12.8 Å². The van der Waals surface area contributed by atoms with Gasteiger partial charge in [-0.3, -0.25) is 0 Å². The Bertz CT molecular complexity index is 254. The number of carbonyl (C=O) groups excluding carboxylic acids is 1. The standard InChI is InChI=1S/C11H22BNO3/c1-8-5-6-11(12,7-15-8)13-9(14)16-10(2,3)4/h8H,5-7,12H2,1-4H3,(H,13,14)/t8-,11-/m1/s1. The number of nitrogens with one attached hydrogen (secondary N) is 1. The van der Waals surface area contributed by atoms with Crippen molar-refractivity contribution in [1.82, 2.24) is 5.32 Å². The van der Waals surface area contributed by atoms with Gasteiger partial charge in [-0.1, -0.05) is 0 Å². The molecule has 1 aliphatic heterocycles. The van der Waals surface area contributed by atoms with Crippen molar-refractivity contribution in [2.24, 2.45) is 0 Å². The zero-order chi connectivity index (χ0) is 12.4. The normalized spacial score (nSPS) is 30.9. The van der Waals surface area contributed by atoms with E-state index in [4.69, 9.17) is 9.47 Å². The number of ether oxygens (including phenoxy) is 2. The Balaban J connectivity index is 2.44. The van der Waals surface area contributed by atoms with Crippen LogP contribution in [0, 0.1) is 0 Å². The first-order chi connectivity index (χ1) is 7.20. The predicted molar refractivity (Wildman–Crippen MR) is 65.3 cm³/mol. The lowest BCUT2D eigenvalue weighted by molar-refractivity contribution is -0.0103. The molecule has 1 saturated heterocycles. The minimum absolute atomic E-state index is 0.286. The third-order valence-corrected chi connectivity index (χ3v) is 2.59. The van der Waals surface area contributed by atoms with E-state index >= 15 is 0 Å². The maximum Gasteiger partial charge on any atom is 0.407 e. The molecular formula is C11H22BNO3. The van der Waals surface area contributed by atoms with Crippen LogP contribution < -0.4 is 5.32 Å². The van der Waals surface area contributed by atoms with Gasteiger partial charge in [-0.2, -0.15) is 0 Å². The van der Waals surface area contributed by atoms with Crippen LogP contribution in [0.3, 0.4) is 0 Å². The average molecular weight is 227 g/mol. The van der Waals surface area contributed by atoms with Gasteiger partial charge in [-0.05, 0) is 40.5 Å². The molecule has 0 radical (unpaired) electrons. The summed E-state index contributed by atoms with van der Waals surface area (Å²) in [6.45, 7) is 8.16. The Morgan fingerprint density at radius 3 is 2.62 bits per heavy atom. The second-order valence-electron chi connectivity index (χ2n) is 5.85. The summed E-state index contributed by atoms with van der Waals surface area (Å²) in [7, 11) is 1.99. The van der Waals surface area contributed by atoms with Gasteiger partial charge in [-0.15, -0.1) is 0 Å². The van der Waals surface area contributed by atoms with E-state index in [9.17, 15) is 4.79 Å². The van der Waals surface area contributed by atoms with E-state index in [0.29, 0.717) is 6.61 Å². The van der Waals surface area contributed by atoms with Gasteiger partial charge in [0.25, 0.3) is 0 Å². The van der Waals surface area contributed by atoms with Gasteiger partial charge in [0.1, 0.15) is 13.4 Å². The molecule has 0 bridgehead atoms. The van der Waals surface area contributed by atoms with E-state index in [1.807, 2.05) is 35.5 Å². The van der Waals surface area contributed by atoms with Gasteiger partial charge >= 0.3 is 6.09 Å². The molecular weight excluding hydrogens is 205 g/mol. The molecule has 2 atom stereocenters. The van der Waals surface area contributed by atoms with Crippen molar-refractivity contribution < 1.29 is 14.3 Å². The van der Waals surface area contributed by atoms with Crippen LogP contribution in [0.1, 0.15) is 40.5 Å². The molecule has 1 rings (SSSR count). The fourth-order valence-corrected chi connectivity index (χ4v) is 1.65. The van der Waals surface area contributed by atoms with Gasteiger partial charge in [-0.25, -0.2) is 4.79 Å². The van der Waals surface area contributed by atoms with E-state index in [-0.39, 0.29) is 17.6 Å². The fourth-order valence-electron chi connectivity index (χ4n) is 1.65. The van der Waals surface area contributed by atoms with Crippen LogP contribution in [0.25, 0.3) is 0 Å². The predicted octanol–water partition coefficient (Wildman–Crippen LogP) is 1.04. The third-order valence-electron chi connectivity index (χ3n) is 2.59. The molecule has 0 saturated carbocycles. The quantitative estimate of drug-likeness (QED) is 0.681. The monoisotopic (exact) mass is 227 g/mol. The van der Waals surface area contributed by atoms with Crippen molar-refractivity contribution in [3.63, 3.8) is 0 Å². The maximum absolute atomic E-state index is 11.6. The first-order valence-corrected chi connectivity index (χ1v) is 5.83. The molecule has 0 spiro atoms. The van der Waals surface area contributed by atoms with Crippen molar-refractivity contribution >= 4 is 13.9 Å². The third kappa shape index (κ3) is 4.43. The van der Waals surface area contributed by atoms with Crippen molar-refractivity contribution in [1.29, 1.82) is 0 Å². The first kappa shape index (κ1) is 13.4. The van der Waals surface area contributed by atoms with Gasteiger partial charge in [0, 0.05) is 5.44 Å². The highest BCUT2D eigenvalue weighted by Crippen LogP contribution is 2.20. The second-order valence-corrected chi connectivity index (χ2v) is 5.85. The topological polar surface area (TPSA) is 47.6 Å². The Labute approximate surface area is 98.5 Å². The van der Waals surface area contributed by atoms with Gasteiger partial charge in [0.05, 0.1) is 12.7 Å². The first-order valence-electron chi connectivity index (χ1n) is 5.83. The minimum Gasteiger partial charge on any atom is -0.444 e. The van der Waals surface area contributed by atoms with Crippen LogP contribution in [0.2, 0.25) is 0 Å². The molecule has 1 fully saturated rings. The average Bonchev–Trinajstić information content (AvgIpc) is 2.07. The molecule has 0 aromatic carbocycles. The molecule has 0 aromatic heterocycles. The summed E-state index contributed by atoms with van der Waals surface area (Å²) in [6.07, 6.45) is 1.81. The van der Waals surface area contributed by atoms with Crippen molar-refractivity contribution in [2.75, 3.05) is 6.61 Å². The molecule has 0 aromatic rings. The molecule has 92 valence electrons. The molecule has 1 heterocycles. The van der Waals surface area contributed by atoms with E-state index in [1.54, 1.807) is 0 Å². The summed E-state index contributed by atoms with van der Waals surface area (Å²) in [4.78, 5) is 11.6. The van der Waals surface area contributed by atoms with E-state index in [2.05, 4.69) is 5.32 Å². The van der Waals surface area contributed by atoms with Crippen LogP contribution in [-0.2, 0) is 9.47 Å². The number of amides is 1. The summed E-state index contributed by atoms with van der Waals surface area (Å²) in [5, 5.41) is 2.89. The van der Waals surface area contributed by atoms with Crippen LogP contribution in [-0.4, -0.2) is 37.7 Å².